The largest absolute Gasteiger partial charge is 0.573 e. The van der Waals surface area contributed by atoms with E-state index < -0.39 is 18.4 Å². The number of halogens is 3. The van der Waals surface area contributed by atoms with Crippen molar-refractivity contribution in [3.63, 3.8) is 0 Å². The predicted molar refractivity (Wildman–Crippen MR) is 143 cm³/mol. The van der Waals surface area contributed by atoms with Gasteiger partial charge in [-0.1, -0.05) is 30.3 Å². The van der Waals surface area contributed by atoms with Crippen LogP contribution in [0, 0.1) is 11.3 Å². The molecule has 0 aliphatic carbocycles. The first-order valence-corrected chi connectivity index (χ1v) is 12.6. The van der Waals surface area contributed by atoms with E-state index in [1.54, 1.807) is 36.4 Å². The van der Waals surface area contributed by atoms with E-state index in [0.717, 1.165) is 16.7 Å². The molecule has 3 aromatic rings. The molecule has 0 aliphatic heterocycles. The molecule has 10 heteroatoms. The fourth-order valence-corrected chi connectivity index (χ4v) is 4.08. The molecule has 7 nitrogen and oxygen atoms in total. The molecule has 212 valence electrons. The van der Waals surface area contributed by atoms with Crippen LogP contribution in [0.25, 0.3) is 11.1 Å². The van der Waals surface area contributed by atoms with Crippen molar-refractivity contribution in [1.29, 1.82) is 5.26 Å². The maximum Gasteiger partial charge on any atom is 0.573 e. The first-order valence-electron chi connectivity index (χ1n) is 12.6. The van der Waals surface area contributed by atoms with Gasteiger partial charge in [-0.2, -0.15) is 5.26 Å². The Bertz CT molecular complexity index is 1330. The van der Waals surface area contributed by atoms with Gasteiger partial charge >= 0.3 is 12.3 Å². The van der Waals surface area contributed by atoms with Gasteiger partial charge in [-0.3, -0.25) is 0 Å². The number of hydrogen-bond acceptors (Lipinski definition) is 6. The molecule has 40 heavy (non-hydrogen) atoms. The predicted octanol–water partition coefficient (Wildman–Crippen LogP) is 5.95. The summed E-state index contributed by atoms with van der Waals surface area (Å²) in [6, 6.07) is 19.3. The molecule has 0 bridgehead atoms. The second-order valence-corrected chi connectivity index (χ2v) is 9.98. The van der Waals surface area contributed by atoms with Crippen molar-refractivity contribution < 1.29 is 37.7 Å². The third-order valence-corrected chi connectivity index (χ3v) is 6.21. The smallest absolute Gasteiger partial charge is 0.489 e. The third kappa shape index (κ3) is 9.59. The molecule has 0 fully saturated rings. The Morgan fingerprint density at radius 3 is 2.40 bits per heavy atom. The summed E-state index contributed by atoms with van der Waals surface area (Å²) in [6.07, 6.45) is -3.64. The van der Waals surface area contributed by atoms with Gasteiger partial charge in [0.15, 0.2) is 0 Å². The molecule has 3 rings (SSSR count). The average Bonchev–Trinajstić information content (AvgIpc) is 2.90. The topological polar surface area (TPSA) is 112 Å². The van der Waals surface area contributed by atoms with E-state index in [1.165, 1.54) is 30.3 Å². The molecule has 0 heterocycles. The number of alkyl halides is 3. The van der Waals surface area contributed by atoms with E-state index in [4.69, 9.17) is 9.84 Å². The molecular formula is C30H31F3N2O5. The van der Waals surface area contributed by atoms with Gasteiger partial charge in [0.25, 0.3) is 0 Å². The van der Waals surface area contributed by atoms with Crippen molar-refractivity contribution in [3.8, 4) is 28.7 Å². The van der Waals surface area contributed by atoms with Gasteiger partial charge in [0.05, 0.1) is 11.1 Å². The molecule has 0 aliphatic rings. The zero-order valence-electron chi connectivity index (χ0n) is 22.2. The number of carboxylic acids is 1. The first-order chi connectivity index (χ1) is 18.8. The van der Waals surface area contributed by atoms with Crippen LogP contribution in [0.5, 0.6) is 11.5 Å². The highest BCUT2D eigenvalue weighted by molar-refractivity contribution is 5.88. The maximum absolute atomic E-state index is 12.5. The van der Waals surface area contributed by atoms with E-state index in [2.05, 4.69) is 16.1 Å². The lowest BCUT2D eigenvalue weighted by Crippen LogP contribution is -2.44. The second kappa shape index (κ2) is 13.3. The van der Waals surface area contributed by atoms with Crippen LogP contribution in [0.1, 0.15) is 48.2 Å². The number of nitrogens with zero attached hydrogens (tertiary/aromatic N) is 1. The lowest BCUT2D eigenvalue weighted by molar-refractivity contribution is -0.274. The Morgan fingerprint density at radius 2 is 1.75 bits per heavy atom. The number of carboxylic acid groups (broad SMARTS) is 1. The standard InChI is InChI=1S/C30H31F3N2O5/c1-29(2,14-4-6-20-5-3-7-26(15-20)40-30(31,32)33)35-18-25(36)19-39-27-16-23(12-13-24(27)17-34)21-8-10-22(11-9-21)28(37)38/h3,5,7-13,15-16,25,35-36H,4,6,14,18-19H2,1-2H3,(H,37,38)/t25-/m1/s1. The number of aryl methyl sites for hydroxylation is 1. The molecule has 0 amide bonds. The van der Waals surface area contributed by atoms with Gasteiger partial charge in [-0.15, -0.1) is 13.2 Å². The molecule has 3 aromatic carbocycles. The van der Waals surface area contributed by atoms with Gasteiger partial charge in [-0.25, -0.2) is 4.79 Å². The molecular weight excluding hydrogens is 525 g/mol. The van der Waals surface area contributed by atoms with Gasteiger partial charge in [0.2, 0.25) is 0 Å². The summed E-state index contributed by atoms with van der Waals surface area (Å²) < 4.78 is 47.1. The van der Waals surface area contributed by atoms with Crippen molar-refractivity contribution in [2.75, 3.05) is 13.2 Å². The van der Waals surface area contributed by atoms with Gasteiger partial charge in [0, 0.05) is 12.1 Å². The molecule has 3 N–H and O–H groups in total. The van der Waals surface area contributed by atoms with Crippen LogP contribution in [-0.4, -0.2) is 47.3 Å². The number of ether oxygens (including phenoxy) is 2. The number of carbonyl (C=O) groups is 1. The van der Waals surface area contributed by atoms with Crippen molar-refractivity contribution >= 4 is 5.97 Å². The summed E-state index contributed by atoms with van der Waals surface area (Å²) in [5.41, 5.74) is 2.33. The number of rotatable bonds is 13. The Labute approximate surface area is 230 Å². The summed E-state index contributed by atoms with van der Waals surface area (Å²) in [6.45, 7) is 4.10. The molecule has 0 aromatic heterocycles. The number of aliphatic hydroxyl groups is 1. The molecule has 0 unspecified atom stereocenters. The minimum Gasteiger partial charge on any atom is -0.489 e. The Hall–Kier alpha value is -4.07. The number of aromatic carboxylic acids is 1. The van der Waals surface area contributed by atoms with Crippen LogP contribution < -0.4 is 14.8 Å². The lowest BCUT2D eigenvalue weighted by atomic mass is 9.95. The van der Waals surface area contributed by atoms with Crippen LogP contribution in [0.4, 0.5) is 13.2 Å². The number of hydrogen-bond donors (Lipinski definition) is 3. The summed E-state index contributed by atoms with van der Waals surface area (Å²) in [4.78, 5) is 11.1. The summed E-state index contributed by atoms with van der Waals surface area (Å²) >= 11 is 0. The zero-order chi connectivity index (χ0) is 29.3. The van der Waals surface area contributed by atoms with Crippen LogP contribution in [0.15, 0.2) is 66.7 Å². The average molecular weight is 557 g/mol. The minimum atomic E-state index is -4.73. The second-order valence-electron chi connectivity index (χ2n) is 9.98. The quantitative estimate of drug-likeness (QED) is 0.238. The maximum atomic E-state index is 12.5. The highest BCUT2D eigenvalue weighted by Gasteiger charge is 2.31. The van der Waals surface area contributed by atoms with Gasteiger partial charge < -0.3 is 25.0 Å². The van der Waals surface area contributed by atoms with Crippen molar-refractivity contribution in [2.45, 2.75) is 51.1 Å². The van der Waals surface area contributed by atoms with Crippen molar-refractivity contribution in [2.24, 2.45) is 0 Å². The zero-order valence-corrected chi connectivity index (χ0v) is 22.2. The normalized spacial score (nSPS) is 12.4. The van der Waals surface area contributed by atoms with Gasteiger partial charge in [-0.05, 0) is 86.2 Å². The van der Waals surface area contributed by atoms with Crippen molar-refractivity contribution in [1.82, 2.24) is 5.32 Å². The Balaban J connectivity index is 1.49. The summed E-state index contributed by atoms with van der Waals surface area (Å²) in [5, 5.41) is 32.3. The highest BCUT2D eigenvalue weighted by Crippen LogP contribution is 2.28. The van der Waals surface area contributed by atoms with Crippen LogP contribution in [0.3, 0.4) is 0 Å². The molecule has 0 saturated heterocycles. The third-order valence-electron chi connectivity index (χ3n) is 6.21. The minimum absolute atomic E-state index is 0.0643. The molecule has 0 radical (unpaired) electrons. The van der Waals surface area contributed by atoms with E-state index in [9.17, 15) is 28.3 Å². The molecule has 1 atom stereocenters. The Kier molecular flexibility index (Phi) is 10.2. The van der Waals surface area contributed by atoms with E-state index >= 15 is 0 Å². The molecule has 0 spiro atoms. The number of nitrogens with one attached hydrogen (secondary N) is 1. The highest BCUT2D eigenvalue weighted by atomic mass is 19.4. The van der Waals surface area contributed by atoms with E-state index in [0.29, 0.717) is 30.6 Å². The number of β-amino-alcohol motifs (C(OH)–C–C–N with tert-alkyl or cyclic N) is 1. The van der Waals surface area contributed by atoms with E-state index in [1.807, 2.05) is 13.8 Å². The summed E-state index contributed by atoms with van der Waals surface area (Å²) in [5.74, 6) is -0.963. The van der Waals surface area contributed by atoms with Crippen LogP contribution >= 0.6 is 0 Å². The fraction of sp³-hybridized carbons (Fsp3) is 0.333. The summed E-state index contributed by atoms with van der Waals surface area (Å²) in [7, 11) is 0. The number of nitriles is 1. The lowest BCUT2D eigenvalue weighted by Gasteiger charge is -2.28. The SMILES string of the molecule is CC(C)(CCCc1cccc(OC(F)(F)F)c1)NC[C@@H](O)COc1cc(-c2ccc(C(=O)O)cc2)ccc1C#N. The Morgan fingerprint density at radius 1 is 1.05 bits per heavy atom. The van der Waals surface area contributed by atoms with E-state index in [-0.39, 0.29) is 30.0 Å². The molecule has 0 saturated carbocycles. The number of benzene rings is 3. The number of aliphatic hydroxyl groups excluding tert-OH is 1. The van der Waals surface area contributed by atoms with Gasteiger partial charge in [0.1, 0.15) is 30.3 Å². The van der Waals surface area contributed by atoms with Crippen LogP contribution in [-0.2, 0) is 6.42 Å². The van der Waals surface area contributed by atoms with Crippen LogP contribution in [0.2, 0.25) is 0 Å². The van der Waals surface area contributed by atoms with Crippen molar-refractivity contribution in [3.05, 3.63) is 83.4 Å². The first kappa shape index (κ1) is 30.5. The monoisotopic (exact) mass is 556 g/mol. The fourth-order valence-electron chi connectivity index (χ4n) is 4.08.